The fourth-order valence-electron chi connectivity index (χ4n) is 0.370. The molecule has 66 valence electrons. The molecule has 1 N–H and O–H groups in total. The molecule has 0 spiro atoms. The highest BCUT2D eigenvalue weighted by Crippen LogP contribution is 1.95. The second kappa shape index (κ2) is 5.12. The summed E-state index contributed by atoms with van der Waals surface area (Å²) in [4.78, 5) is 20.8. The molecular formula is C8H10O4. The van der Waals surface area contributed by atoms with E-state index in [-0.39, 0.29) is 12.0 Å². The van der Waals surface area contributed by atoms with E-state index in [1.165, 1.54) is 13.0 Å². The third-order valence-corrected chi connectivity index (χ3v) is 1.02. The number of carbonyl (C=O) groups excluding carboxylic acids is 1. The number of carboxylic acid groups (broad SMARTS) is 1. The summed E-state index contributed by atoms with van der Waals surface area (Å²) in [6.07, 6.45) is 2.36. The monoisotopic (exact) mass is 170 g/mol. The lowest BCUT2D eigenvalue weighted by Gasteiger charge is -1.95. The van der Waals surface area contributed by atoms with Gasteiger partial charge < -0.3 is 9.84 Å². The van der Waals surface area contributed by atoms with Crippen LogP contribution in [0.3, 0.4) is 0 Å². The van der Waals surface area contributed by atoms with Crippen LogP contribution in [0.2, 0.25) is 0 Å². The second-order valence-corrected chi connectivity index (χ2v) is 2.09. The number of rotatable bonds is 4. The molecule has 4 nitrogen and oxygen atoms in total. The van der Waals surface area contributed by atoms with Crippen molar-refractivity contribution in [2.24, 2.45) is 0 Å². The summed E-state index contributed by atoms with van der Waals surface area (Å²) in [6, 6.07) is 0. The van der Waals surface area contributed by atoms with Crippen LogP contribution in [0.1, 0.15) is 13.3 Å². The maximum atomic E-state index is 10.6. The molecule has 0 saturated heterocycles. The molecule has 0 radical (unpaired) electrons. The van der Waals surface area contributed by atoms with Crippen LogP contribution in [0, 0.1) is 0 Å². The van der Waals surface area contributed by atoms with Gasteiger partial charge in [0, 0.05) is 0 Å². The Morgan fingerprint density at radius 3 is 2.58 bits per heavy atom. The van der Waals surface area contributed by atoms with Gasteiger partial charge >= 0.3 is 11.9 Å². The number of aliphatic carboxylic acids is 1. The van der Waals surface area contributed by atoms with Crippen molar-refractivity contribution >= 4 is 11.9 Å². The summed E-state index contributed by atoms with van der Waals surface area (Å²) in [5, 5.41) is 8.35. The minimum Gasteiger partial charge on any atom is -0.478 e. The van der Waals surface area contributed by atoms with Gasteiger partial charge in [0.1, 0.15) is 6.26 Å². The SMILES string of the molecule is C=CCC(=O)OC=C(C)C(=O)O. The van der Waals surface area contributed by atoms with E-state index >= 15 is 0 Å². The largest absolute Gasteiger partial charge is 0.478 e. The summed E-state index contributed by atoms with van der Waals surface area (Å²) >= 11 is 0. The van der Waals surface area contributed by atoms with Crippen molar-refractivity contribution in [1.82, 2.24) is 0 Å². The lowest BCUT2D eigenvalue weighted by atomic mass is 10.3. The van der Waals surface area contributed by atoms with Crippen LogP contribution in [0.4, 0.5) is 0 Å². The van der Waals surface area contributed by atoms with Gasteiger partial charge in [-0.1, -0.05) is 6.08 Å². The molecule has 0 bridgehead atoms. The summed E-state index contributed by atoms with van der Waals surface area (Å²) in [5.74, 6) is -1.63. The van der Waals surface area contributed by atoms with Crippen LogP contribution in [0.5, 0.6) is 0 Å². The Balaban J connectivity index is 3.95. The second-order valence-electron chi connectivity index (χ2n) is 2.09. The first-order valence-electron chi connectivity index (χ1n) is 3.28. The predicted octanol–water partition coefficient (Wildman–Crippen LogP) is 1.09. The van der Waals surface area contributed by atoms with Crippen molar-refractivity contribution in [3.05, 3.63) is 24.5 Å². The van der Waals surface area contributed by atoms with Gasteiger partial charge in [-0.05, 0) is 6.92 Å². The third kappa shape index (κ3) is 4.27. The van der Waals surface area contributed by atoms with E-state index in [9.17, 15) is 9.59 Å². The van der Waals surface area contributed by atoms with Crippen molar-refractivity contribution in [1.29, 1.82) is 0 Å². The number of hydrogen-bond donors (Lipinski definition) is 1. The lowest BCUT2D eigenvalue weighted by Crippen LogP contribution is -2.01. The van der Waals surface area contributed by atoms with E-state index in [4.69, 9.17) is 5.11 Å². The highest BCUT2D eigenvalue weighted by atomic mass is 16.5. The molecule has 0 unspecified atom stereocenters. The number of hydrogen-bond acceptors (Lipinski definition) is 3. The Morgan fingerprint density at radius 2 is 2.17 bits per heavy atom. The number of esters is 1. The molecule has 0 fully saturated rings. The average molecular weight is 170 g/mol. The smallest absolute Gasteiger partial charge is 0.334 e. The topological polar surface area (TPSA) is 63.6 Å². The molecule has 0 aliphatic carbocycles. The molecule has 0 aromatic carbocycles. The normalized spacial score (nSPS) is 10.6. The molecule has 0 heterocycles. The number of carboxylic acids is 1. The van der Waals surface area contributed by atoms with E-state index in [1.54, 1.807) is 0 Å². The van der Waals surface area contributed by atoms with Gasteiger partial charge in [-0.15, -0.1) is 6.58 Å². The van der Waals surface area contributed by atoms with Crippen molar-refractivity contribution in [2.75, 3.05) is 0 Å². The number of ether oxygens (including phenoxy) is 1. The van der Waals surface area contributed by atoms with E-state index < -0.39 is 11.9 Å². The standard InChI is InChI=1S/C8H10O4/c1-3-4-7(9)12-5-6(2)8(10)11/h3,5H,1,4H2,2H3,(H,10,11). The first-order chi connectivity index (χ1) is 5.57. The van der Waals surface area contributed by atoms with Gasteiger partial charge in [0.25, 0.3) is 0 Å². The van der Waals surface area contributed by atoms with Gasteiger partial charge in [0.05, 0.1) is 12.0 Å². The maximum absolute atomic E-state index is 10.6. The summed E-state index contributed by atoms with van der Waals surface area (Å²) in [6.45, 7) is 4.66. The van der Waals surface area contributed by atoms with Crippen molar-refractivity contribution in [3.63, 3.8) is 0 Å². The summed E-state index contributed by atoms with van der Waals surface area (Å²) in [5.41, 5.74) is -0.0209. The molecule has 0 rings (SSSR count). The van der Waals surface area contributed by atoms with Crippen LogP contribution in [0.25, 0.3) is 0 Å². The van der Waals surface area contributed by atoms with Gasteiger partial charge in [-0.25, -0.2) is 4.79 Å². The highest BCUT2D eigenvalue weighted by Gasteiger charge is 2.01. The Bertz CT molecular complexity index is 227. The van der Waals surface area contributed by atoms with Crippen LogP contribution < -0.4 is 0 Å². The fourth-order valence-corrected chi connectivity index (χ4v) is 0.370. The molecule has 12 heavy (non-hydrogen) atoms. The molecule has 4 heteroatoms. The zero-order valence-corrected chi connectivity index (χ0v) is 6.74. The molecular weight excluding hydrogens is 160 g/mol. The summed E-state index contributed by atoms with van der Waals surface area (Å²) in [7, 11) is 0. The van der Waals surface area contributed by atoms with Crippen molar-refractivity contribution in [2.45, 2.75) is 13.3 Å². The van der Waals surface area contributed by atoms with Crippen LogP contribution in [-0.2, 0) is 14.3 Å². The third-order valence-electron chi connectivity index (χ3n) is 1.02. The first-order valence-corrected chi connectivity index (χ1v) is 3.28. The Kier molecular flexibility index (Phi) is 4.45. The predicted molar refractivity (Wildman–Crippen MR) is 42.3 cm³/mol. The van der Waals surface area contributed by atoms with Crippen molar-refractivity contribution < 1.29 is 19.4 Å². The molecule has 0 aliphatic rings. The zero-order valence-electron chi connectivity index (χ0n) is 6.74. The van der Waals surface area contributed by atoms with E-state index in [2.05, 4.69) is 11.3 Å². The minimum absolute atomic E-state index is 0.0209. The average Bonchev–Trinajstić information content (AvgIpc) is 2.00. The van der Waals surface area contributed by atoms with E-state index in [0.717, 1.165) is 6.26 Å². The maximum Gasteiger partial charge on any atom is 0.334 e. The van der Waals surface area contributed by atoms with Crippen molar-refractivity contribution in [3.8, 4) is 0 Å². The van der Waals surface area contributed by atoms with E-state index in [0.29, 0.717) is 0 Å². The molecule has 0 aromatic rings. The molecule has 0 saturated carbocycles. The van der Waals surface area contributed by atoms with Gasteiger partial charge in [0.15, 0.2) is 0 Å². The van der Waals surface area contributed by atoms with Gasteiger partial charge in [-0.2, -0.15) is 0 Å². The Morgan fingerprint density at radius 1 is 1.58 bits per heavy atom. The van der Waals surface area contributed by atoms with Gasteiger partial charge in [0.2, 0.25) is 0 Å². The molecule has 0 aliphatic heterocycles. The highest BCUT2D eigenvalue weighted by molar-refractivity contribution is 5.86. The van der Waals surface area contributed by atoms with Gasteiger partial charge in [-0.3, -0.25) is 4.79 Å². The van der Waals surface area contributed by atoms with Crippen LogP contribution in [0.15, 0.2) is 24.5 Å². The Hall–Kier alpha value is -1.58. The lowest BCUT2D eigenvalue weighted by molar-refractivity contribution is -0.137. The fraction of sp³-hybridized carbons (Fsp3) is 0.250. The summed E-state index contributed by atoms with van der Waals surface area (Å²) < 4.78 is 4.45. The quantitative estimate of drug-likeness (QED) is 0.297. The first kappa shape index (κ1) is 10.4. The minimum atomic E-state index is -1.11. The Labute approximate surface area is 70.1 Å². The zero-order chi connectivity index (χ0) is 9.56. The van der Waals surface area contributed by atoms with Crippen LogP contribution >= 0.6 is 0 Å². The number of carbonyl (C=O) groups is 2. The molecule has 0 aromatic heterocycles. The molecule has 0 amide bonds. The van der Waals surface area contributed by atoms with E-state index in [1.807, 2.05) is 0 Å². The molecule has 0 atom stereocenters. The van der Waals surface area contributed by atoms with Crippen LogP contribution in [-0.4, -0.2) is 17.0 Å².